The SMILES string of the molecule is COc1cc(CNc2nc3ccc(F)cc3s2)c(OC)c2c1C(=O)C=CC2=O. The number of anilines is 1. The Kier molecular flexibility index (Phi) is 4.56. The highest BCUT2D eigenvalue weighted by Crippen LogP contribution is 2.38. The van der Waals surface area contributed by atoms with Gasteiger partial charge in [0.15, 0.2) is 16.7 Å². The van der Waals surface area contributed by atoms with E-state index in [-0.39, 0.29) is 35.1 Å². The molecule has 0 atom stereocenters. The van der Waals surface area contributed by atoms with Gasteiger partial charge in [0.05, 0.1) is 35.6 Å². The van der Waals surface area contributed by atoms with Crippen molar-refractivity contribution in [3.8, 4) is 11.5 Å². The number of allylic oxidation sites excluding steroid dienone is 2. The van der Waals surface area contributed by atoms with Crippen molar-refractivity contribution in [2.24, 2.45) is 0 Å². The van der Waals surface area contributed by atoms with Gasteiger partial charge in [0.25, 0.3) is 0 Å². The fraction of sp³-hybridized carbons (Fsp3) is 0.150. The van der Waals surface area contributed by atoms with Crippen LogP contribution in [0, 0.1) is 5.82 Å². The summed E-state index contributed by atoms with van der Waals surface area (Å²) < 4.78 is 24.9. The number of ether oxygens (including phenoxy) is 2. The molecule has 142 valence electrons. The molecule has 0 amide bonds. The number of rotatable bonds is 5. The number of halogens is 1. The molecule has 2 aromatic carbocycles. The normalized spacial score (nSPS) is 13.0. The van der Waals surface area contributed by atoms with Crippen LogP contribution < -0.4 is 14.8 Å². The number of nitrogens with one attached hydrogen (secondary N) is 1. The van der Waals surface area contributed by atoms with Crippen LogP contribution in [0.15, 0.2) is 36.4 Å². The summed E-state index contributed by atoms with van der Waals surface area (Å²) in [7, 11) is 2.89. The molecule has 0 saturated carbocycles. The molecule has 1 aliphatic rings. The number of hydrogen-bond acceptors (Lipinski definition) is 7. The highest BCUT2D eigenvalue weighted by Gasteiger charge is 2.29. The first-order valence-electron chi connectivity index (χ1n) is 8.36. The lowest BCUT2D eigenvalue weighted by atomic mass is 9.90. The smallest absolute Gasteiger partial charge is 0.190 e. The molecular formula is C20H15FN2O4S. The van der Waals surface area contributed by atoms with Crippen LogP contribution in [0.3, 0.4) is 0 Å². The highest BCUT2D eigenvalue weighted by atomic mass is 32.1. The number of carbonyl (C=O) groups excluding carboxylic acids is 2. The zero-order chi connectivity index (χ0) is 19.8. The second kappa shape index (κ2) is 7.05. The van der Waals surface area contributed by atoms with Crippen LogP contribution in [0.1, 0.15) is 26.3 Å². The topological polar surface area (TPSA) is 77.5 Å². The number of hydrogen-bond donors (Lipinski definition) is 1. The van der Waals surface area contributed by atoms with E-state index in [0.29, 0.717) is 27.7 Å². The first kappa shape index (κ1) is 18.1. The fourth-order valence-corrected chi connectivity index (χ4v) is 4.05. The summed E-state index contributed by atoms with van der Waals surface area (Å²) in [6.07, 6.45) is 2.46. The summed E-state index contributed by atoms with van der Waals surface area (Å²) in [5, 5.41) is 3.76. The van der Waals surface area contributed by atoms with E-state index in [9.17, 15) is 14.0 Å². The van der Waals surface area contributed by atoms with Crippen LogP contribution in [0.4, 0.5) is 9.52 Å². The van der Waals surface area contributed by atoms with Gasteiger partial charge >= 0.3 is 0 Å². The van der Waals surface area contributed by atoms with Gasteiger partial charge in [-0.05, 0) is 36.4 Å². The van der Waals surface area contributed by atoms with E-state index in [1.807, 2.05) is 0 Å². The minimum atomic E-state index is -0.319. The molecule has 0 bridgehead atoms. The van der Waals surface area contributed by atoms with Crippen molar-refractivity contribution in [2.75, 3.05) is 19.5 Å². The predicted octanol–water partition coefficient (Wildman–Crippen LogP) is 4.00. The summed E-state index contributed by atoms with van der Waals surface area (Å²) in [6, 6.07) is 6.07. The average molecular weight is 398 g/mol. The zero-order valence-electron chi connectivity index (χ0n) is 15.0. The van der Waals surface area contributed by atoms with Gasteiger partial charge in [-0.2, -0.15) is 0 Å². The minimum Gasteiger partial charge on any atom is -0.496 e. The summed E-state index contributed by atoms with van der Waals surface area (Å²) in [6.45, 7) is 0.278. The van der Waals surface area contributed by atoms with E-state index in [2.05, 4.69) is 10.3 Å². The third kappa shape index (κ3) is 3.01. The van der Waals surface area contributed by atoms with E-state index in [4.69, 9.17) is 9.47 Å². The van der Waals surface area contributed by atoms with Crippen molar-refractivity contribution in [1.29, 1.82) is 0 Å². The molecule has 4 rings (SSSR count). The molecule has 1 heterocycles. The zero-order valence-corrected chi connectivity index (χ0v) is 15.9. The maximum atomic E-state index is 13.4. The van der Waals surface area contributed by atoms with Gasteiger partial charge in [0.1, 0.15) is 17.3 Å². The van der Waals surface area contributed by atoms with Crippen LogP contribution in [-0.2, 0) is 6.54 Å². The molecule has 6 nitrogen and oxygen atoms in total. The van der Waals surface area contributed by atoms with Crippen LogP contribution in [-0.4, -0.2) is 30.8 Å². The van der Waals surface area contributed by atoms with Crippen LogP contribution in [0.2, 0.25) is 0 Å². The lowest BCUT2D eigenvalue weighted by Gasteiger charge is -2.20. The van der Waals surface area contributed by atoms with E-state index >= 15 is 0 Å². The van der Waals surface area contributed by atoms with E-state index in [0.717, 1.165) is 4.70 Å². The Labute approximate surface area is 163 Å². The van der Waals surface area contributed by atoms with E-state index in [1.165, 1.54) is 49.8 Å². The number of thiazole rings is 1. The molecule has 0 fully saturated rings. The van der Waals surface area contributed by atoms with Crippen molar-refractivity contribution in [1.82, 2.24) is 4.98 Å². The fourth-order valence-electron chi connectivity index (χ4n) is 3.16. The minimum absolute atomic E-state index is 0.192. The third-order valence-electron chi connectivity index (χ3n) is 4.40. The number of ketones is 2. The third-order valence-corrected chi connectivity index (χ3v) is 5.38. The molecule has 0 saturated heterocycles. The van der Waals surface area contributed by atoms with E-state index < -0.39 is 0 Å². The number of aromatic nitrogens is 1. The quantitative estimate of drug-likeness (QED) is 0.700. The average Bonchev–Trinajstić information content (AvgIpc) is 3.10. The van der Waals surface area contributed by atoms with E-state index in [1.54, 1.807) is 12.1 Å². The second-order valence-corrected chi connectivity index (χ2v) is 7.10. The monoisotopic (exact) mass is 398 g/mol. The number of nitrogens with zero attached hydrogens (tertiary/aromatic N) is 1. The molecule has 8 heteroatoms. The number of fused-ring (bicyclic) bond motifs is 2. The van der Waals surface area contributed by atoms with Crippen molar-refractivity contribution in [3.05, 3.63) is 58.9 Å². The standard InChI is InChI=1S/C20H15FN2O4S/c1-26-15-7-10(19(27-2)18-14(25)6-5-13(24)17(15)18)9-22-20-23-12-4-3-11(21)8-16(12)28-20/h3-8H,9H2,1-2H3,(H,22,23). The Morgan fingerprint density at radius 1 is 1.07 bits per heavy atom. The van der Waals surface area contributed by atoms with Gasteiger partial charge in [-0.25, -0.2) is 9.37 Å². The molecule has 1 aliphatic carbocycles. The van der Waals surface area contributed by atoms with Crippen molar-refractivity contribution >= 4 is 38.3 Å². The lowest BCUT2D eigenvalue weighted by Crippen LogP contribution is -2.17. The molecule has 28 heavy (non-hydrogen) atoms. The van der Waals surface area contributed by atoms with Crippen LogP contribution in [0.5, 0.6) is 11.5 Å². The summed E-state index contributed by atoms with van der Waals surface area (Å²) in [5.74, 6) is -0.320. The molecule has 0 radical (unpaired) electrons. The Morgan fingerprint density at radius 3 is 2.54 bits per heavy atom. The lowest BCUT2D eigenvalue weighted by molar-refractivity contribution is 0.0988. The molecule has 0 aliphatic heterocycles. The Morgan fingerprint density at radius 2 is 1.82 bits per heavy atom. The first-order valence-corrected chi connectivity index (χ1v) is 9.18. The molecule has 0 unspecified atom stereocenters. The summed E-state index contributed by atoms with van der Waals surface area (Å²) in [4.78, 5) is 29.1. The number of benzene rings is 2. The molecular weight excluding hydrogens is 383 g/mol. The van der Waals surface area contributed by atoms with Gasteiger partial charge in [-0.15, -0.1) is 0 Å². The van der Waals surface area contributed by atoms with Crippen molar-refractivity contribution in [2.45, 2.75) is 6.54 Å². The van der Waals surface area contributed by atoms with Gasteiger partial charge in [-0.3, -0.25) is 9.59 Å². The maximum Gasteiger partial charge on any atom is 0.190 e. The van der Waals surface area contributed by atoms with Crippen LogP contribution in [0.25, 0.3) is 10.2 Å². The number of carbonyl (C=O) groups is 2. The highest BCUT2D eigenvalue weighted by molar-refractivity contribution is 7.22. The second-order valence-electron chi connectivity index (χ2n) is 6.07. The molecule has 1 N–H and O–H groups in total. The summed E-state index contributed by atoms with van der Waals surface area (Å²) >= 11 is 1.32. The largest absolute Gasteiger partial charge is 0.496 e. The summed E-state index contributed by atoms with van der Waals surface area (Å²) in [5.41, 5.74) is 1.72. The van der Waals surface area contributed by atoms with Crippen LogP contribution >= 0.6 is 11.3 Å². The molecule has 0 spiro atoms. The predicted molar refractivity (Wildman–Crippen MR) is 104 cm³/mol. The molecule has 1 aromatic heterocycles. The Hall–Kier alpha value is -3.26. The maximum absolute atomic E-state index is 13.4. The van der Waals surface area contributed by atoms with Crippen molar-refractivity contribution < 1.29 is 23.5 Å². The Bertz CT molecular complexity index is 1150. The first-order chi connectivity index (χ1) is 13.5. The van der Waals surface area contributed by atoms with Gasteiger partial charge in [-0.1, -0.05) is 11.3 Å². The van der Waals surface area contributed by atoms with Gasteiger partial charge in [0, 0.05) is 12.1 Å². The van der Waals surface area contributed by atoms with Gasteiger partial charge < -0.3 is 14.8 Å². The van der Waals surface area contributed by atoms with Crippen molar-refractivity contribution in [3.63, 3.8) is 0 Å². The van der Waals surface area contributed by atoms with Gasteiger partial charge in [0.2, 0.25) is 0 Å². The molecule has 3 aromatic rings. The number of methoxy groups -OCH3 is 2. The Balaban J connectivity index is 1.72.